The molecule has 2 aliphatic heterocycles. The number of aryl methyl sites for hydroxylation is 3. The van der Waals surface area contributed by atoms with Gasteiger partial charge in [-0.05, 0) is 50.5 Å². The molecule has 2 aromatic rings. The molecule has 1 N–H and O–H groups in total. The van der Waals surface area contributed by atoms with Gasteiger partial charge in [-0.25, -0.2) is 0 Å². The number of aromatic nitrogens is 5. The molecule has 164 valence electrons. The minimum atomic E-state index is 0.671. The van der Waals surface area contributed by atoms with E-state index in [-0.39, 0.29) is 0 Å². The summed E-state index contributed by atoms with van der Waals surface area (Å²) in [6.07, 6.45) is 13.3. The van der Waals surface area contributed by atoms with Crippen LogP contribution >= 0.6 is 0 Å². The van der Waals surface area contributed by atoms with Crippen molar-refractivity contribution in [3.05, 3.63) is 29.6 Å². The third-order valence-corrected chi connectivity index (χ3v) is 6.21. The van der Waals surface area contributed by atoms with Gasteiger partial charge in [0.1, 0.15) is 11.6 Å². The molecule has 1 fully saturated rings. The number of hydrogen-bond donors (Lipinski definition) is 1. The fourth-order valence-electron chi connectivity index (χ4n) is 4.68. The van der Waals surface area contributed by atoms with Crippen molar-refractivity contribution in [1.82, 2.24) is 34.8 Å². The second-order valence-electron chi connectivity index (χ2n) is 8.66. The Hall–Kier alpha value is -2.38. The topological polar surface area (TPSA) is 76.2 Å². The van der Waals surface area contributed by atoms with Crippen LogP contribution < -0.4 is 5.32 Å². The molecule has 0 saturated carbocycles. The first-order valence-corrected chi connectivity index (χ1v) is 11.6. The van der Waals surface area contributed by atoms with Crippen LogP contribution in [-0.2, 0) is 32.9 Å². The molecule has 0 spiro atoms. The van der Waals surface area contributed by atoms with E-state index in [4.69, 9.17) is 4.99 Å². The van der Waals surface area contributed by atoms with Crippen molar-refractivity contribution in [3.63, 3.8) is 0 Å². The Kier molecular flexibility index (Phi) is 7.02. The Morgan fingerprint density at radius 3 is 3.00 bits per heavy atom. The molecule has 2 aromatic heterocycles. The van der Waals surface area contributed by atoms with Crippen molar-refractivity contribution >= 4 is 5.96 Å². The van der Waals surface area contributed by atoms with E-state index in [1.807, 2.05) is 17.9 Å². The fraction of sp³-hybridized carbons (Fsp3) is 0.727. The maximum absolute atomic E-state index is 4.93. The van der Waals surface area contributed by atoms with E-state index < -0.39 is 0 Å². The Labute approximate surface area is 179 Å². The van der Waals surface area contributed by atoms with E-state index in [0.717, 1.165) is 70.2 Å². The van der Waals surface area contributed by atoms with Crippen LogP contribution in [0.1, 0.15) is 56.2 Å². The van der Waals surface area contributed by atoms with Crippen LogP contribution in [0.25, 0.3) is 0 Å². The zero-order valence-electron chi connectivity index (χ0n) is 18.6. The molecule has 0 aromatic carbocycles. The molecule has 8 nitrogen and oxygen atoms in total. The van der Waals surface area contributed by atoms with Crippen molar-refractivity contribution in [2.75, 3.05) is 26.2 Å². The lowest BCUT2D eigenvalue weighted by molar-refractivity contribution is 0.459. The van der Waals surface area contributed by atoms with Gasteiger partial charge in [-0.2, -0.15) is 5.10 Å². The molecule has 1 unspecified atom stereocenters. The number of rotatable bonds is 7. The summed E-state index contributed by atoms with van der Waals surface area (Å²) in [7, 11) is 1.98. The molecular formula is C22H36N8. The van der Waals surface area contributed by atoms with Crippen LogP contribution in [0.4, 0.5) is 0 Å². The lowest BCUT2D eigenvalue weighted by Gasteiger charge is -2.21. The maximum Gasteiger partial charge on any atom is 0.193 e. The van der Waals surface area contributed by atoms with Gasteiger partial charge in [-0.3, -0.25) is 9.67 Å². The van der Waals surface area contributed by atoms with Gasteiger partial charge in [-0.15, -0.1) is 10.2 Å². The standard InChI is InChI=1S/C22H36N8/c1-3-23-22(29-13-10-18(17-29)14-19-15-25-28(2)16-19)24-11-7-9-21-27-26-20-8-5-4-6-12-30(20)21/h15-16,18H,3-14,17H2,1-2H3,(H,23,24). The van der Waals surface area contributed by atoms with E-state index in [0.29, 0.717) is 5.92 Å². The molecule has 4 heterocycles. The average Bonchev–Trinajstić information content (AvgIpc) is 3.42. The number of hydrogen-bond acceptors (Lipinski definition) is 4. The second-order valence-corrected chi connectivity index (χ2v) is 8.66. The SMILES string of the molecule is CCNC(=NCCCc1nnc2n1CCCCC2)N1CCC(Cc2cnn(C)c2)C1. The minimum Gasteiger partial charge on any atom is -0.357 e. The fourth-order valence-corrected chi connectivity index (χ4v) is 4.68. The van der Waals surface area contributed by atoms with Crippen LogP contribution in [0.5, 0.6) is 0 Å². The van der Waals surface area contributed by atoms with Crippen LogP contribution in [-0.4, -0.2) is 61.6 Å². The highest BCUT2D eigenvalue weighted by atomic mass is 15.3. The average molecular weight is 413 g/mol. The van der Waals surface area contributed by atoms with Gasteiger partial charge in [0.05, 0.1) is 6.20 Å². The van der Waals surface area contributed by atoms with Gasteiger partial charge in [0.2, 0.25) is 0 Å². The number of aliphatic imine (C=N–C) groups is 1. The molecule has 1 atom stereocenters. The third kappa shape index (κ3) is 5.21. The van der Waals surface area contributed by atoms with E-state index in [1.54, 1.807) is 0 Å². The monoisotopic (exact) mass is 412 g/mol. The summed E-state index contributed by atoms with van der Waals surface area (Å²) in [4.78, 5) is 7.35. The number of nitrogens with one attached hydrogen (secondary N) is 1. The Morgan fingerprint density at radius 1 is 1.23 bits per heavy atom. The Morgan fingerprint density at radius 2 is 2.17 bits per heavy atom. The highest BCUT2D eigenvalue weighted by molar-refractivity contribution is 5.80. The normalized spacial score (nSPS) is 19.7. The lowest BCUT2D eigenvalue weighted by Crippen LogP contribution is -2.40. The molecule has 1 saturated heterocycles. The summed E-state index contributed by atoms with van der Waals surface area (Å²) in [5.41, 5.74) is 1.33. The molecule has 30 heavy (non-hydrogen) atoms. The molecule has 2 aliphatic rings. The highest BCUT2D eigenvalue weighted by Crippen LogP contribution is 2.21. The highest BCUT2D eigenvalue weighted by Gasteiger charge is 2.25. The summed E-state index contributed by atoms with van der Waals surface area (Å²) >= 11 is 0. The van der Waals surface area contributed by atoms with Gasteiger partial charge in [0.15, 0.2) is 5.96 Å². The molecule has 8 heteroatoms. The molecule has 0 bridgehead atoms. The van der Waals surface area contributed by atoms with Gasteiger partial charge >= 0.3 is 0 Å². The first kappa shape index (κ1) is 20.9. The summed E-state index contributed by atoms with van der Waals surface area (Å²) in [5, 5.41) is 16.7. The van der Waals surface area contributed by atoms with Crippen molar-refractivity contribution in [3.8, 4) is 0 Å². The van der Waals surface area contributed by atoms with Crippen LogP contribution in [0.2, 0.25) is 0 Å². The molecular weight excluding hydrogens is 376 g/mol. The first-order valence-electron chi connectivity index (χ1n) is 11.6. The molecule has 0 amide bonds. The Balaban J connectivity index is 1.28. The molecule has 0 aliphatic carbocycles. The van der Waals surface area contributed by atoms with E-state index in [9.17, 15) is 0 Å². The zero-order chi connectivity index (χ0) is 20.8. The quantitative estimate of drug-likeness (QED) is 0.429. The lowest BCUT2D eigenvalue weighted by atomic mass is 10.0. The minimum absolute atomic E-state index is 0.671. The van der Waals surface area contributed by atoms with E-state index in [1.165, 1.54) is 37.1 Å². The van der Waals surface area contributed by atoms with Crippen molar-refractivity contribution in [2.24, 2.45) is 18.0 Å². The Bertz CT molecular complexity index is 836. The smallest absolute Gasteiger partial charge is 0.193 e. The second kappa shape index (κ2) is 10.1. The first-order chi connectivity index (χ1) is 14.7. The maximum atomic E-state index is 4.93. The van der Waals surface area contributed by atoms with Gasteiger partial charge in [0, 0.05) is 58.8 Å². The predicted molar refractivity (Wildman–Crippen MR) is 118 cm³/mol. The van der Waals surface area contributed by atoms with Gasteiger partial charge in [-0.1, -0.05) is 6.42 Å². The van der Waals surface area contributed by atoms with Crippen molar-refractivity contribution in [1.29, 1.82) is 0 Å². The summed E-state index contributed by atoms with van der Waals surface area (Å²) in [6.45, 7) is 7.10. The van der Waals surface area contributed by atoms with E-state index in [2.05, 4.69) is 43.2 Å². The number of guanidine groups is 1. The summed E-state index contributed by atoms with van der Waals surface area (Å²) in [5.74, 6) is 4.05. The van der Waals surface area contributed by atoms with Gasteiger partial charge < -0.3 is 14.8 Å². The largest absolute Gasteiger partial charge is 0.357 e. The zero-order valence-corrected chi connectivity index (χ0v) is 18.6. The molecule has 0 radical (unpaired) electrons. The number of likely N-dealkylation sites (tertiary alicyclic amines) is 1. The van der Waals surface area contributed by atoms with Crippen LogP contribution in [0.3, 0.4) is 0 Å². The van der Waals surface area contributed by atoms with Crippen LogP contribution in [0.15, 0.2) is 17.4 Å². The third-order valence-electron chi connectivity index (χ3n) is 6.21. The van der Waals surface area contributed by atoms with Gasteiger partial charge in [0.25, 0.3) is 0 Å². The molecule has 4 rings (SSSR count). The number of fused-ring (bicyclic) bond motifs is 1. The van der Waals surface area contributed by atoms with Crippen LogP contribution in [0, 0.1) is 5.92 Å². The van der Waals surface area contributed by atoms with Crippen molar-refractivity contribution < 1.29 is 0 Å². The number of nitrogens with zero attached hydrogens (tertiary/aromatic N) is 7. The van der Waals surface area contributed by atoms with Crippen molar-refractivity contribution in [2.45, 2.75) is 64.8 Å². The predicted octanol–water partition coefficient (Wildman–Crippen LogP) is 2.20. The summed E-state index contributed by atoms with van der Waals surface area (Å²) in [6, 6.07) is 0. The summed E-state index contributed by atoms with van der Waals surface area (Å²) < 4.78 is 4.24. The van der Waals surface area contributed by atoms with E-state index >= 15 is 0 Å².